The van der Waals surface area contributed by atoms with Gasteiger partial charge < -0.3 is 10.2 Å². The Morgan fingerprint density at radius 3 is 2.90 bits per heavy atom. The van der Waals surface area contributed by atoms with E-state index in [-0.39, 0.29) is 11.8 Å². The fourth-order valence-corrected chi connectivity index (χ4v) is 3.90. The number of carbonyl (C=O) groups excluding carboxylic acids is 2. The normalized spacial score (nSPS) is 16.8. The summed E-state index contributed by atoms with van der Waals surface area (Å²) in [5, 5.41) is 2.78. The van der Waals surface area contributed by atoms with E-state index in [9.17, 15) is 9.59 Å². The molecule has 0 atom stereocenters. The third kappa shape index (κ3) is 4.45. The van der Waals surface area contributed by atoms with Crippen molar-refractivity contribution in [3.05, 3.63) is 70.9 Å². The molecule has 3 heterocycles. The summed E-state index contributed by atoms with van der Waals surface area (Å²) in [6, 6.07) is 10.4. The van der Waals surface area contributed by atoms with Gasteiger partial charge in [0.2, 0.25) is 11.8 Å². The lowest BCUT2D eigenvalue weighted by atomic mass is 9.98. The van der Waals surface area contributed by atoms with Crippen molar-refractivity contribution in [3.63, 3.8) is 0 Å². The molecule has 0 spiro atoms. The van der Waals surface area contributed by atoms with Crippen LogP contribution in [-0.4, -0.2) is 34.8 Å². The van der Waals surface area contributed by atoms with Gasteiger partial charge in [-0.05, 0) is 66.2 Å². The molecule has 2 aliphatic heterocycles. The minimum atomic E-state index is 0.00306. The highest BCUT2D eigenvalue weighted by molar-refractivity contribution is 5.94. The molecule has 1 N–H and O–H groups in total. The maximum Gasteiger partial charge on any atom is 0.246 e. The van der Waals surface area contributed by atoms with Crippen molar-refractivity contribution in [3.8, 4) is 0 Å². The first kappa shape index (κ1) is 19.1. The first-order valence-electron chi connectivity index (χ1n) is 10.1. The molecule has 2 amide bonds. The van der Waals surface area contributed by atoms with Crippen LogP contribution < -0.4 is 5.32 Å². The number of pyridine rings is 1. The third-order valence-corrected chi connectivity index (χ3v) is 5.53. The van der Waals surface area contributed by atoms with Gasteiger partial charge in [0.1, 0.15) is 5.82 Å². The molecule has 0 aliphatic carbocycles. The van der Waals surface area contributed by atoms with Gasteiger partial charge >= 0.3 is 0 Å². The molecule has 4 rings (SSSR count). The third-order valence-electron chi connectivity index (χ3n) is 5.53. The molecular weight excluding hydrogens is 362 g/mol. The van der Waals surface area contributed by atoms with Crippen LogP contribution in [0.15, 0.2) is 48.7 Å². The van der Waals surface area contributed by atoms with Crippen LogP contribution >= 0.6 is 0 Å². The van der Waals surface area contributed by atoms with Crippen molar-refractivity contribution in [2.45, 2.75) is 32.6 Å². The highest BCUT2D eigenvalue weighted by Gasteiger charge is 2.17. The van der Waals surface area contributed by atoms with Gasteiger partial charge in [-0.3, -0.25) is 9.59 Å². The molecule has 0 unspecified atom stereocenters. The van der Waals surface area contributed by atoms with E-state index in [1.807, 2.05) is 17.0 Å². The standard InChI is InChI=1S/C24H25N3O2/c1-17-5-2-3-7-21(17)19-6-4-13-27(14-12-19)23(29)11-8-18-15-20-9-10-22(28)26-24(20)25-16-18/h2-3,5-8,11,15-16H,4,9-10,12-14H2,1H3,(H,25,26,28). The zero-order chi connectivity index (χ0) is 20.2. The Morgan fingerprint density at radius 1 is 1.17 bits per heavy atom. The molecule has 2 aliphatic rings. The van der Waals surface area contributed by atoms with Crippen LogP contribution in [-0.2, 0) is 16.0 Å². The Hall–Kier alpha value is -3.21. The quantitative estimate of drug-likeness (QED) is 0.810. The smallest absolute Gasteiger partial charge is 0.246 e. The zero-order valence-electron chi connectivity index (χ0n) is 16.6. The predicted octanol–water partition coefficient (Wildman–Crippen LogP) is 3.99. The van der Waals surface area contributed by atoms with Crippen molar-refractivity contribution in [1.29, 1.82) is 0 Å². The van der Waals surface area contributed by atoms with Gasteiger partial charge in [0.05, 0.1) is 0 Å². The molecule has 5 nitrogen and oxygen atoms in total. The molecule has 29 heavy (non-hydrogen) atoms. The number of anilines is 1. The van der Waals surface area contributed by atoms with E-state index in [1.165, 1.54) is 16.7 Å². The lowest BCUT2D eigenvalue weighted by Gasteiger charge is -2.19. The van der Waals surface area contributed by atoms with E-state index in [0.717, 1.165) is 37.1 Å². The van der Waals surface area contributed by atoms with Gasteiger partial charge in [0.25, 0.3) is 0 Å². The summed E-state index contributed by atoms with van der Waals surface area (Å²) >= 11 is 0. The summed E-state index contributed by atoms with van der Waals surface area (Å²) in [7, 11) is 0. The summed E-state index contributed by atoms with van der Waals surface area (Å²) in [6.07, 6.45) is 10.3. The molecular formula is C24H25N3O2. The predicted molar refractivity (Wildman–Crippen MR) is 115 cm³/mol. The minimum Gasteiger partial charge on any atom is -0.339 e. The first-order valence-corrected chi connectivity index (χ1v) is 10.1. The van der Waals surface area contributed by atoms with Gasteiger partial charge in [-0.1, -0.05) is 30.3 Å². The Morgan fingerprint density at radius 2 is 2.03 bits per heavy atom. The summed E-state index contributed by atoms with van der Waals surface area (Å²) in [6.45, 7) is 3.58. The van der Waals surface area contributed by atoms with Crippen molar-refractivity contribution in [1.82, 2.24) is 9.88 Å². The highest BCUT2D eigenvalue weighted by Crippen LogP contribution is 2.25. The van der Waals surface area contributed by atoms with E-state index >= 15 is 0 Å². The Bertz CT molecular complexity index is 1010. The number of amides is 2. The van der Waals surface area contributed by atoms with E-state index in [1.54, 1.807) is 12.3 Å². The van der Waals surface area contributed by atoms with Crippen molar-refractivity contribution in [2.24, 2.45) is 0 Å². The number of hydrogen-bond donors (Lipinski definition) is 1. The second-order valence-electron chi connectivity index (χ2n) is 7.57. The van der Waals surface area contributed by atoms with Gasteiger partial charge in [0.15, 0.2) is 0 Å². The number of carbonyl (C=O) groups is 2. The van der Waals surface area contributed by atoms with Gasteiger partial charge in [0, 0.05) is 31.8 Å². The van der Waals surface area contributed by atoms with Crippen LogP contribution in [0.5, 0.6) is 0 Å². The fourth-order valence-electron chi connectivity index (χ4n) is 3.90. The van der Waals surface area contributed by atoms with Gasteiger partial charge in [-0.25, -0.2) is 4.98 Å². The van der Waals surface area contributed by atoms with E-state index in [2.05, 4.69) is 47.6 Å². The Kier molecular flexibility index (Phi) is 5.56. The molecule has 148 valence electrons. The van der Waals surface area contributed by atoms with Crippen LogP contribution in [0.3, 0.4) is 0 Å². The SMILES string of the molecule is Cc1ccccc1C1=CCCN(C(=O)C=Cc2cnc3c(c2)CCC(=O)N3)CC1. The van der Waals surface area contributed by atoms with Gasteiger partial charge in [-0.15, -0.1) is 0 Å². The molecule has 5 heteroatoms. The molecule has 1 aromatic heterocycles. The number of benzene rings is 1. The van der Waals surface area contributed by atoms with Gasteiger partial charge in [-0.2, -0.15) is 0 Å². The monoisotopic (exact) mass is 387 g/mol. The number of rotatable bonds is 3. The van der Waals surface area contributed by atoms with Crippen molar-refractivity contribution < 1.29 is 9.59 Å². The second kappa shape index (κ2) is 8.43. The zero-order valence-corrected chi connectivity index (χ0v) is 16.6. The summed E-state index contributed by atoms with van der Waals surface area (Å²) in [5.41, 5.74) is 5.77. The minimum absolute atomic E-state index is 0.00306. The number of nitrogens with one attached hydrogen (secondary N) is 1. The Labute approximate surface area is 171 Å². The number of nitrogens with zero attached hydrogens (tertiary/aromatic N) is 2. The first-order chi connectivity index (χ1) is 14.1. The summed E-state index contributed by atoms with van der Waals surface area (Å²) in [5.74, 6) is 0.658. The summed E-state index contributed by atoms with van der Waals surface area (Å²) < 4.78 is 0. The average Bonchev–Trinajstić information content (AvgIpc) is 2.98. The molecule has 0 saturated carbocycles. The number of fused-ring (bicyclic) bond motifs is 1. The number of aromatic nitrogens is 1. The molecule has 0 saturated heterocycles. The van der Waals surface area contributed by atoms with Crippen LogP contribution in [0.4, 0.5) is 5.82 Å². The maximum absolute atomic E-state index is 12.7. The molecule has 1 aromatic carbocycles. The van der Waals surface area contributed by atoms with Crippen LogP contribution in [0.1, 0.15) is 41.5 Å². The molecule has 0 fully saturated rings. The second-order valence-corrected chi connectivity index (χ2v) is 7.57. The maximum atomic E-state index is 12.7. The fraction of sp³-hybridized carbons (Fsp3) is 0.292. The lowest BCUT2D eigenvalue weighted by Crippen LogP contribution is -2.30. The number of hydrogen-bond acceptors (Lipinski definition) is 3. The summed E-state index contributed by atoms with van der Waals surface area (Å²) in [4.78, 5) is 30.4. The highest BCUT2D eigenvalue weighted by atomic mass is 16.2. The molecule has 0 bridgehead atoms. The van der Waals surface area contributed by atoms with Crippen LogP contribution in [0.25, 0.3) is 11.6 Å². The van der Waals surface area contributed by atoms with E-state index in [0.29, 0.717) is 18.7 Å². The average molecular weight is 387 g/mol. The van der Waals surface area contributed by atoms with Crippen LogP contribution in [0.2, 0.25) is 0 Å². The van der Waals surface area contributed by atoms with Crippen LogP contribution in [0, 0.1) is 6.92 Å². The van der Waals surface area contributed by atoms with E-state index in [4.69, 9.17) is 0 Å². The topological polar surface area (TPSA) is 62.3 Å². The van der Waals surface area contributed by atoms with Crippen molar-refractivity contribution >= 4 is 29.3 Å². The molecule has 0 radical (unpaired) electrons. The lowest BCUT2D eigenvalue weighted by molar-refractivity contribution is -0.125. The molecule has 2 aromatic rings. The number of aryl methyl sites for hydroxylation is 2. The largest absolute Gasteiger partial charge is 0.339 e. The van der Waals surface area contributed by atoms with E-state index < -0.39 is 0 Å². The Balaban J connectivity index is 1.39. The van der Waals surface area contributed by atoms with Crippen molar-refractivity contribution in [2.75, 3.05) is 18.4 Å².